The second kappa shape index (κ2) is 8.10. The Hall–Kier alpha value is -1.38. The van der Waals surface area contributed by atoms with Crippen LogP contribution in [0.15, 0.2) is 28.1 Å². The van der Waals surface area contributed by atoms with Crippen LogP contribution in [-0.4, -0.2) is 21.6 Å². The molecular weight excluding hydrogens is 410 g/mol. The maximum Gasteiger partial charge on any atom is 0.471 e. The standard InChI is InChI=1S/C16H16Cl2F3N3OS/c1-8(2)13-14(26-11-5-9(17)4-10(18)6-11)24(3)12(23-13)7-22-15(25)16(19,20)21/h4-6,8H,7H2,1-3H3,(H,22,25). The molecule has 142 valence electrons. The molecule has 1 aromatic carbocycles. The summed E-state index contributed by atoms with van der Waals surface area (Å²) in [5.74, 6) is -1.64. The number of carbonyl (C=O) groups is 1. The van der Waals surface area contributed by atoms with E-state index in [1.165, 1.54) is 11.8 Å². The second-order valence-corrected chi connectivity index (χ2v) is 7.75. The molecule has 0 aliphatic rings. The lowest BCUT2D eigenvalue weighted by Crippen LogP contribution is -2.36. The molecule has 0 radical (unpaired) electrons. The number of halogens is 5. The van der Waals surface area contributed by atoms with Gasteiger partial charge in [-0.25, -0.2) is 4.98 Å². The Labute approximate surface area is 163 Å². The van der Waals surface area contributed by atoms with Crippen molar-refractivity contribution in [3.05, 3.63) is 39.8 Å². The summed E-state index contributed by atoms with van der Waals surface area (Å²) in [6.07, 6.45) is -4.93. The monoisotopic (exact) mass is 425 g/mol. The molecule has 0 atom stereocenters. The van der Waals surface area contributed by atoms with E-state index in [2.05, 4.69) is 4.98 Å². The summed E-state index contributed by atoms with van der Waals surface area (Å²) in [5.41, 5.74) is 0.713. The van der Waals surface area contributed by atoms with Gasteiger partial charge >= 0.3 is 12.1 Å². The fourth-order valence-corrected chi connectivity index (χ4v) is 4.04. The summed E-state index contributed by atoms with van der Waals surface area (Å²) < 4.78 is 38.7. The summed E-state index contributed by atoms with van der Waals surface area (Å²) in [7, 11) is 1.68. The number of aromatic nitrogens is 2. The van der Waals surface area contributed by atoms with E-state index in [0.717, 1.165) is 9.92 Å². The molecule has 0 unspecified atom stereocenters. The highest BCUT2D eigenvalue weighted by Crippen LogP contribution is 2.36. The summed E-state index contributed by atoms with van der Waals surface area (Å²) in [6.45, 7) is 3.52. The molecule has 0 fully saturated rings. The van der Waals surface area contributed by atoms with Crippen molar-refractivity contribution in [3.8, 4) is 0 Å². The van der Waals surface area contributed by atoms with E-state index < -0.39 is 12.1 Å². The van der Waals surface area contributed by atoms with Crippen molar-refractivity contribution in [2.75, 3.05) is 0 Å². The number of imidazole rings is 1. The highest BCUT2D eigenvalue weighted by molar-refractivity contribution is 7.99. The largest absolute Gasteiger partial charge is 0.471 e. The van der Waals surface area contributed by atoms with Crippen LogP contribution >= 0.6 is 35.0 Å². The van der Waals surface area contributed by atoms with Crippen LogP contribution in [0.2, 0.25) is 10.0 Å². The van der Waals surface area contributed by atoms with Gasteiger partial charge in [0.15, 0.2) is 0 Å². The van der Waals surface area contributed by atoms with Crippen LogP contribution in [0.25, 0.3) is 0 Å². The third-order valence-electron chi connectivity index (χ3n) is 3.42. The number of nitrogens with zero attached hydrogens (tertiary/aromatic N) is 2. The van der Waals surface area contributed by atoms with Crippen LogP contribution in [0.1, 0.15) is 31.3 Å². The second-order valence-electron chi connectivity index (χ2n) is 5.82. The lowest BCUT2D eigenvalue weighted by atomic mass is 10.2. The molecule has 10 heteroatoms. The first kappa shape index (κ1) is 20.9. The average molecular weight is 426 g/mol. The zero-order valence-corrected chi connectivity index (χ0v) is 16.4. The third-order valence-corrected chi connectivity index (χ3v) is 5.01. The molecule has 1 N–H and O–H groups in total. The van der Waals surface area contributed by atoms with Crippen molar-refractivity contribution in [2.45, 2.75) is 42.4 Å². The van der Waals surface area contributed by atoms with E-state index in [-0.39, 0.29) is 12.5 Å². The Balaban J connectivity index is 2.31. The van der Waals surface area contributed by atoms with E-state index in [0.29, 0.717) is 21.6 Å². The quantitative estimate of drug-likeness (QED) is 0.717. The van der Waals surface area contributed by atoms with Crippen molar-refractivity contribution < 1.29 is 18.0 Å². The van der Waals surface area contributed by atoms with Gasteiger partial charge in [-0.1, -0.05) is 48.8 Å². The molecule has 0 bridgehead atoms. The number of carbonyl (C=O) groups excluding carboxylic acids is 1. The van der Waals surface area contributed by atoms with Gasteiger partial charge in [0.25, 0.3) is 0 Å². The molecule has 1 heterocycles. The Morgan fingerprint density at radius 1 is 1.27 bits per heavy atom. The average Bonchev–Trinajstić information content (AvgIpc) is 2.80. The Morgan fingerprint density at radius 3 is 2.35 bits per heavy atom. The van der Waals surface area contributed by atoms with Gasteiger partial charge in [-0.2, -0.15) is 13.2 Å². The maximum atomic E-state index is 12.4. The SMILES string of the molecule is CC(C)c1nc(CNC(=O)C(F)(F)F)n(C)c1Sc1cc(Cl)cc(Cl)c1. The van der Waals surface area contributed by atoms with Gasteiger partial charge in [-0.15, -0.1) is 0 Å². The smallest absolute Gasteiger partial charge is 0.341 e. The molecule has 0 saturated carbocycles. The van der Waals surface area contributed by atoms with Crippen LogP contribution in [0.4, 0.5) is 13.2 Å². The van der Waals surface area contributed by atoms with E-state index in [4.69, 9.17) is 23.2 Å². The zero-order valence-electron chi connectivity index (χ0n) is 14.1. The third kappa shape index (κ3) is 5.08. The van der Waals surface area contributed by atoms with Crippen molar-refractivity contribution in [2.24, 2.45) is 7.05 Å². The van der Waals surface area contributed by atoms with E-state index >= 15 is 0 Å². The van der Waals surface area contributed by atoms with Gasteiger partial charge in [0.05, 0.1) is 12.2 Å². The maximum absolute atomic E-state index is 12.4. The van der Waals surface area contributed by atoms with Crippen molar-refractivity contribution in [1.29, 1.82) is 0 Å². The lowest BCUT2D eigenvalue weighted by molar-refractivity contribution is -0.173. The number of hydrogen-bond donors (Lipinski definition) is 1. The van der Waals surface area contributed by atoms with Gasteiger partial charge in [0.1, 0.15) is 10.9 Å². The number of nitrogens with one attached hydrogen (secondary N) is 1. The van der Waals surface area contributed by atoms with E-state index in [9.17, 15) is 18.0 Å². The molecule has 1 aromatic heterocycles. The van der Waals surface area contributed by atoms with E-state index in [1.807, 2.05) is 19.2 Å². The predicted octanol–water partition coefficient (Wildman–Crippen LogP) is 5.18. The summed E-state index contributed by atoms with van der Waals surface area (Å²) >= 11 is 13.4. The van der Waals surface area contributed by atoms with Gasteiger partial charge in [0.2, 0.25) is 0 Å². The fourth-order valence-electron chi connectivity index (χ4n) is 2.16. The molecule has 2 rings (SSSR count). The summed E-state index contributed by atoms with van der Waals surface area (Å²) in [5, 5.41) is 3.54. The van der Waals surface area contributed by atoms with E-state index in [1.54, 1.807) is 29.8 Å². The molecule has 0 aliphatic carbocycles. The molecule has 2 aromatic rings. The molecule has 26 heavy (non-hydrogen) atoms. The van der Waals surface area contributed by atoms with Crippen LogP contribution in [0, 0.1) is 0 Å². The minimum Gasteiger partial charge on any atom is -0.341 e. The first-order valence-corrected chi connectivity index (χ1v) is 9.10. The molecular formula is C16H16Cl2F3N3OS. The van der Waals surface area contributed by atoms with Gasteiger partial charge in [-0.3, -0.25) is 4.79 Å². The highest BCUT2D eigenvalue weighted by atomic mass is 35.5. The van der Waals surface area contributed by atoms with Crippen molar-refractivity contribution in [3.63, 3.8) is 0 Å². The molecule has 1 amide bonds. The molecule has 4 nitrogen and oxygen atoms in total. The first-order chi connectivity index (χ1) is 12.0. The zero-order chi connectivity index (χ0) is 19.6. The topological polar surface area (TPSA) is 46.9 Å². The van der Waals surface area contributed by atoms with Gasteiger partial charge < -0.3 is 9.88 Å². The Kier molecular flexibility index (Phi) is 6.52. The number of rotatable bonds is 5. The highest BCUT2D eigenvalue weighted by Gasteiger charge is 2.38. The van der Waals surface area contributed by atoms with Gasteiger partial charge in [-0.05, 0) is 24.1 Å². The molecule has 0 aliphatic heterocycles. The van der Waals surface area contributed by atoms with Crippen LogP contribution < -0.4 is 5.32 Å². The summed E-state index contributed by atoms with van der Waals surface area (Å²) in [4.78, 5) is 16.2. The first-order valence-electron chi connectivity index (χ1n) is 7.53. The Morgan fingerprint density at radius 2 is 1.85 bits per heavy atom. The number of alkyl halides is 3. The fraction of sp³-hybridized carbons (Fsp3) is 0.375. The Bertz CT molecular complexity index is 802. The number of amides is 1. The van der Waals surface area contributed by atoms with Crippen molar-refractivity contribution >= 4 is 40.9 Å². The molecule has 0 spiro atoms. The van der Waals surface area contributed by atoms with Crippen molar-refractivity contribution in [1.82, 2.24) is 14.9 Å². The van der Waals surface area contributed by atoms with Crippen LogP contribution in [-0.2, 0) is 18.4 Å². The molecule has 0 saturated heterocycles. The minimum atomic E-state index is -4.93. The lowest BCUT2D eigenvalue weighted by Gasteiger charge is -2.10. The number of benzene rings is 1. The summed E-state index contributed by atoms with van der Waals surface area (Å²) in [6, 6.07) is 5.08. The van der Waals surface area contributed by atoms with Crippen LogP contribution in [0.3, 0.4) is 0 Å². The normalized spacial score (nSPS) is 11.9. The van der Waals surface area contributed by atoms with Crippen LogP contribution in [0.5, 0.6) is 0 Å². The predicted molar refractivity (Wildman–Crippen MR) is 95.8 cm³/mol. The van der Waals surface area contributed by atoms with Gasteiger partial charge in [0, 0.05) is 22.0 Å². The minimum absolute atomic E-state index is 0.0328. The number of hydrogen-bond acceptors (Lipinski definition) is 3.